The summed E-state index contributed by atoms with van der Waals surface area (Å²) >= 11 is 0. The summed E-state index contributed by atoms with van der Waals surface area (Å²) in [5.41, 5.74) is 1.07. The molecule has 0 heterocycles. The summed E-state index contributed by atoms with van der Waals surface area (Å²) in [6.07, 6.45) is 18.4. The van der Waals surface area contributed by atoms with E-state index < -0.39 is 7.25 Å². The molecule has 0 saturated carbocycles. The van der Waals surface area contributed by atoms with Crippen LogP contribution in [0.3, 0.4) is 0 Å². The molecule has 0 unspecified atom stereocenters. The summed E-state index contributed by atoms with van der Waals surface area (Å²) in [6.45, 7) is 17.5. The van der Waals surface area contributed by atoms with Crippen molar-refractivity contribution in [3.63, 3.8) is 0 Å². The molecule has 0 atom stereocenters. The van der Waals surface area contributed by atoms with Crippen molar-refractivity contribution in [2.24, 2.45) is 0 Å². The Balaban J connectivity index is -0.000000130. The zero-order valence-corrected chi connectivity index (χ0v) is 21.0. The molecule has 0 amide bonds. The number of hydrogen-bond donors (Lipinski definition) is 0. The summed E-state index contributed by atoms with van der Waals surface area (Å²) in [6, 6.07) is 0. The van der Waals surface area contributed by atoms with Gasteiger partial charge in [0.1, 0.15) is 0 Å². The van der Waals surface area contributed by atoms with Crippen LogP contribution in [0.5, 0.6) is 0 Å². The fourth-order valence-electron chi connectivity index (χ4n) is 1.82. The standard InChI is InChI=1S/C7H7.2C6H15P.BF4.Pd/c1-7-5-3-2-4-6-7;2*1-4-7(5-2)6-3;2-1(3,4)5;/h2-6H,1H2;2*4-6H2,1-3H3;;/q;;;-1;. The quantitative estimate of drug-likeness (QED) is 0.188. The maximum atomic E-state index is 9.75. The molecule has 0 fully saturated rings. The van der Waals surface area contributed by atoms with Crippen molar-refractivity contribution in [1.82, 2.24) is 0 Å². The normalized spacial score (nSPS) is 12.2. The van der Waals surface area contributed by atoms with Gasteiger partial charge >= 0.3 is 7.25 Å². The molecule has 0 aromatic heterocycles. The Bertz CT molecular complexity index is 338. The minimum atomic E-state index is -6.00. The second-order valence-electron chi connectivity index (χ2n) is 5.22. The van der Waals surface area contributed by atoms with Gasteiger partial charge in [0.25, 0.3) is 0 Å². The molecule has 0 N–H and O–H groups in total. The first-order chi connectivity index (χ1) is 12.1. The van der Waals surface area contributed by atoms with E-state index in [1.165, 1.54) is 37.0 Å². The minimum Gasteiger partial charge on any atom is -0.418 e. The van der Waals surface area contributed by atoms with Gasteiger partial charge in [-0.25, -0.2) is 0 Å². The zero-order chi connectivity index (χ0) is 21.0. The third kappa shape index (κ3) is 37.9. The van der Waals surface area contributed by atoms with E-state index in [9.17, 15) is 17.3 Å². The van der Waals surface area contributed by atoms with Crippen molar-refractivity contribution in [3.8, 4) is 0 Å². The molecule has 1 aliphatic carbocycles. The molecule has 1 rings (SSSR count). The first kappa shape index (κ1) is 35.0. The molecule has 165 valence electrons. The average molecular weight is 521 g/mol. The molecule has 0 aliphatic heterocycles. The molecular weight excluding hydrogens is 483 g/mol. The Morgan fingerprint density at radius 3 is 1.07 bits per heavy atom. The Hall–Kier alpha value is 0.527. The van der Waals surface area contributed by atoms with Crippen molar-refractivity contribution in [2.45, 2.75) is 41.5 Å². The van der Waals surface area contributed by atoms with E-state index in [-0.39, 0.29) is 20.4 Å². The van der Waals surface area contributed by atoms with E-state index >= 15 is 0 Å². The van der Waals surface area contributed by atoms with Gasteiger partial charge in [-0.05, 0) is 42.5 Å². The fourth-order valence-corrected chi connectivity index (χ4v) is 4.50. The van der Waals surface area contributed by atoms with Gasteiger partial charge in [0.15, 0.2) is 0 Å². The third-order valence-electron chi connectivity index (χ3n) is 3.53. The molecule has 27 heavy (non-hydrogen) atoms. The summed E-state index contributed by atoms with van der Waals surface area (Å²) in [5.74, 6) is 0. The van der Waals surface area contributed by atoms with Crippen LogP contribution in [0.25, 0.3) is 0 Å². The Labute approximate surface area is 182 Å². The Kier molecular flexibility index (Phi) is 31.8. The third-order valence-corrected chi connectivity index (χ3v) is 8.89. The van der Waals surface area contributed by atoms with Crippen molar-refractivity contribution in [2.75, 3.05) is 37.0 Å². The molecule has 0 aromatic carbocycles. The van der Waals surface area contributed by atoms with Crippen LogP contribution in [0.15, 0.2) is 36.5 Å². The van der Waals surface area contributed by atoms with Gasteiger partial charge in [-0.1, -0.05) is 72.4 Å². The summed E-state index contributed by atoms with van der Waals surface area (Å²) < 4.78 is 39.0. The van der Waals surface area contributed by atoms with Crippen LogP contribution in [0.1, 0.15) is 41.5 Å². The first-order valence-electron chi connectivity index (χ1n) is 9.28. The second kappa shape index (κ2) is 24.6. The van der Waals surface area contributed by atoms with E-state index in [1.54, 1.807) is 0 Å². The van der Waals surface area contributed by atoms with Gasteiger partial charge in [0.05, 0.1) is 0 Å². The van der Waals surface area contributed by atoms with E-state index in [2.05, 4.69) is 48.1 Å². The number of rotatable bonds is 6. The Morgan fingerprint density at radius 2 is 1.00 bits per heavy atom. The smallest absolute Gasteiger partial charge is 0.418 e. The Morgan fingerprint density at radius 1 is 0.704 bits per heavy atom. The van der Waals surface area contributed by atoms with Crippen LogP contribution in [-0.2, 0) is 20.4 Å². The van der Waals surface area contributed by atoms with E-state index in [1.807, 2.05) is 30.7 Å². The van der Waals surface area contributed by atoms with Crippen LogP contribution < -0.4 is 0 Å². The largest absolute Gasteiger partial charge is 0.673 e. The molecular formula is C19H37BF4P2Pd-. The molecule has 0 nitrogen and oxygen atoms in total. The van der Waals surface area contributed by atoms with Crippen LogP contribution in [0.4, 0.5) is 17.3 Å². The first-order valence-corrected chi connectivity index (χ1v) is 13.1. The van der Waals surface area contributed by atoms with Gasteiger partial charge in [-0.3, -0.25) is 0 Å². The van der Waals surface area contributed by atoms with Gasteiger partial charge in [-0.2, -0.15) is 0 Å². The van der Waals surface area contributed by atoms with Crippen molar-refractivity contribution >= 4 is 23.1 Å². The van der Waals surface area contributed by atoms with Crippen LogP contribution in [0, 0.1) is 6.42 Å². The van der Waals surface area contributed by atoms with E-state index in [4.69, 9.17) is 0 Å². The van der Waals surface area contributed by atoms with Crippen LogP contribution in [-0.4, -0.2) is 44.2 Å². The van der Waals surface area contributed by atoms with Crippen molar-refractivity contribution in [1.29, 1.82) is 0 Å². The maximum Gasteiger partial charge on any atom is 0.673 e. The predicted octanol–water partition coefficient (Wildman–Crippen LogP) is 8.23. The molecule has 1 radical (unpaired) electrons. The summed E-state index contributed by atoms with van der Waals surface area (Å²) in [7, 11) is -5.11. The van der Waals surface area contributed by atoms with E-state index in [0.717, 1.165) is 5.57 Å². The zero-order valence-electron chi connectivity index (χ0n) is 17.6. The van der Waals surface area contributed by atoms with Crippen molar-refractivity contribution < 1.29 is 37.7 Å². The SMILES string of the molecule is C=C1[CH]C=CC=C1.CCP(CC)CC.CCP(CC)CC.F[B-](F)(F)F.[Pd]. The second-order valence-corrected chi connectivity index (χ2v) is 11.7. The van der Waals surface area contributed by atoms with E-state index in [0.29, 0.717) is 15.8 Å². The molecule has 8 heteroatoms. The summed E-state index contributed by atoms with van der Waals surface area (Å²) in [5, 5.41) is 0. The molecule has 0 saturated heterocycles. The monoisotopic (exact) mass is 520 g/mol. The molecule has 1 aliphatic rings. The molecule has 0 aromatic rings. The summed E-state index contributed by atoms with van der Waals surface area (Å²) in [4.78, 5) is 0. The molecule has 0 spiro atoms. The van der Waals surface area contributed by atoms with Gasteiger partial charge in [0, 0.05) is 26.8 Å². The van der Waals surface area contributed by atoms with Gasteiger partial charge < -0.3 is 17.3 Å². The van der Waals surface area contributed by atoms with Gasteiger partial charge in [-0.15, -0.1) is 15.8 Å². The van der Waals surface area contributed by atoms with Crippen LogP contribution >= 0.6 is 15.8 Å². The number of halogens is 4. The number of hydrogen-bond acceptors (Lipinski definition) is 0. The van der Waals surface area contributed by atoms with Crippen LogP contribution in [0.2, 0.25) is 0 Å². The molecule has 0 bridgehead atoms. The minimum absolute atomic E-state index is 0. The predicted molar refractivity (Wildman–Crippen MR) is 119 cm³/mol. The topological polar surface area (TPSA) is 0 Å². The average Bonchev–Trinajstić information content (AvgIpc) is 2.58. The van der Waals surface area contributed by atoms with Crippen molar-refractivity contribution in [3.05, 3.63) is 42.9 Å². The fraction of sp³-hybridized carbons (Fsp3) is 0.632. The maximum absolute atomic E-state index is 9.75. The number of allylic oxidation sites excluding steroid dienone is 5. The van der Waals surface area contributed by atoms with Gasteiger partial charge in [0.2, 0.25) is 0 Å².